The summed E-state index contributed by atoms with van der Waals surface area (Å²) in [6, 6.07) is 6.65. The van der Waals surface area contributed by atoms with E-state index in [2.05, 4.69) is 17.4 Å². The number of rotatable bonds is 1. The molecule has 0 saturated carbocycles. The number of ether oxygens (including phenoxy) is 1. The lowest BCUT2D eigenvalue weighted by Crippen LogP contribution is -2.48. The molecule has 15 heavy (non-hydrogen) atoms. The Kier molecular flexibility index (Phi) is 2.43. The SMILES string of the molecule is Clc1ccc2c(c1)CCO[C@H]2[C@@H]1CCN1. The molecule has 80 valence electrons. The van der Waals surface area contributed by atoms with Crippen LogP contribution in [-0.4, -0.2) is 19.2 Å². The highest BCUT2D eigenvalue weighted by Gasteiger charge is 2.32. The van der Waals surface area contributed by atoms with Crippen molar-refractivity contribution in [2.24, 2.45) is 0 Å². The highest BCUT2D eigenvalue weighted by atomic mass is 35.5. The zero-order valence-electron chi connectivity index (χ0n) is 8.50. The van der Waals surface area contributed by atoms with E-state index in [4.69, 9.17) is 16.3 Å². The van der Waals surface area contributed by atoms with Gasteiger partial charge in [0.25, 0.3) is 0 Å². The number of fused-ring (bicyclic) bond motifs is 1. The first-order valence-electron chi connectivity index (χ1n) is 5.48. The molecule has 2 heterocycles. The molecule has 0 spiro atoms. The van der Waals surface area contributed by atoms with Crippen LogP contribution >= 0.6 is 11.6 Å². The molecular formula is C12H14ClNO. The van der Waals surface area contributed by atoms with Gasteiger partial charge in [-0.15, -0.1) is 0 Å². The summed E-state index contributed by atoms with van der Waals surface area (Å²) in [6.07, 6.45) is 2.44. The fourth-order valence-electron chi connectivity index (χ4n) is 2.36. The van der Waals surface area contributed by atoms with Crippen molar-refractivity contribution in [1.29, 1.82) is 0 Å². The maximum absolute atomic E-state index is 6.00. The summed E-state index contributed by atoms with van der Waals surface area (Å²) >= 11 is 6.00. The van der Waals surface area contributed by atoms with Crippen LogP contribution in [0.5, 0.6) is 0 Å². The van der Waals surface area contributed by atoms with Crippen LogP contribution in [0.3, 0.4) is 0 Å². The second-order valence-corrected chi connectivity index (χ2v) is 4.67. The molecule has 3 heteroatoms. The van der Waals surface area contributed by atoms with E-state index in [1.165, 1.54) is 17.5 Å². The molecule has 2 atom stereocenters. The van der Waals surface area contributed by atoms with Crippen molar-refractivity contribution in [2.45, 2.75) is 25.0 Å². The van der Waals surface area contributed by atoms with Gasteiger partial charge in [0.15, 0.2) is 0 Å². The summed E-state index contributed by atoms with van der Waals surface area (Å²) in [6.45, 7) is 1.93. The number of benzene rings is 1. The molecule has 0 aliphatic carbocycles. The van der Waals surface area contributed by atoms with Gasteiger partial charge in [-0.1, -0.05) is 17.7 Å². The molecule has 1 aromatic rings. The molecule has 2 aliphatic heterocycles. The van der Waals surface area contributed by atoms with Gasteiger partial charge < -0.3 is 10.1 Å². The molecule has 1 saturated heterocycles. The van der Waals surface area contributed by atoms with Gasteiger partial charge in [0.2, 0.25) is 0 Å². The van der Waals surface area contributed by atoms with Crippen LogP contribution in [0.2, 0.25) is 5.02 Å². The fraction of sp³-hybridized carbons (Fsp3) is 0.500. The minimum atomic E-state index is 0.236. The maximum atomic E-state index is 6.00. The Morgan fingerprint density at radius 1 is 1.40 bits per heavy atom. The van der Waals surface area contributed by atoms with E-state index in [1.54, 1.807) is 0 Å². The van der Waals surface area contributed by atoms with Gasteiger partial charge in [0.05, 0.1) is 12.7 Å². The third-order valence-corrected chi connectivity index (χ3v) is 3.54. The highest BCUT2D eigenvalue weighted by molar-refractivity contribution is 6.30. The van der Waals surface area contributed by atoms with Crippen LogP contribution in [0.4, 0.5) is 0 Å². The standard InChI is InChI=1S/C12H14ClNO/c13-9-1-2-10-8(7-9)4-6-15-12(10)11-3-5-14-11/h1-2,7,11-12,14H,3-6H2/t11-,12+/m0/s1. The number of hydrogen-bond donors (Lipinski definition) is 1. The van der Waals surface area contributed by atoms with E-state index >= 15 is 0 Å². The third-order valence-electron chi connectivity index (χ3n) is 3.31. The molecule has 1 N–H and O–H groups in total. The largest absolute Gasteiger partial charge is 0.372 e. The van der Waals surface area contributed by atoms with Crippen molar-refractivity contribution in [3.63, 3.8) is 0 Å². The molecule has 2 nitrogen and oxygen atoms in total. The van der Waals surface area contributed by atoms with E-state index in [9.17, 15) is 0 Å². The topological polar surface area (TPSA) is 21.3 Å². The Morgan fingerprint density at radius 2 is 2.27 bits per heavy atom. The van der Waals surface area contributed by atoms with E-state index < -0.39 is 0 Å². The maximum Gasteiger partial charge on any atom is 0.0981 e. The summed E-state index contributed by atoms with van der Waals surface area (Å²) in [7, 11) is 0. The predicted octanol–water partition coefficient (Wildman–Crippen LogP) is 2.32. The van der Waals surface area contributed by atoms with E-state index in [0.29, 0.717) is 6.04 Å². The van der Waals surface area contributed by atoms with Crippen molar-refractivity contribution in [3.8, 4) is 0 Å². The van der Waals surface area contributed by atoms with E-state index in [1.807, 2.05) is 6.07 Å². The van der Waals surface area contributed by atoms with Crippen LogP contribution < -0.4 is 5.32 Å². The zero-order chi connectivity index (χ0) is 10.3. The first kappa shape index (κ1) is 9.64. The Labute approximate surface area is 94.6 Å². The third kappa shape index (κ3) is 1.67. The van der Waals surface area contributed by atoms with Gasteiger partial charge in [-0.05, 0) is 42.6 Å². The second-order valence-electron chi connectivity index (χ2n) is 4.23. The molecule has 0 amide bonds. The first-order valence-corrected chi connectivity index (χ1v) is 5.86. The van der Waals surface area contributed by atoms with Crippen molar-refractivity contribution in [1.82, 2.24) is 5.32 Å². The van der Waals surface area contributed by atoms with Crippen LogP contribution in [0.25, 0.3) is 0 Å². The molecule has 2 aliphatic rings. The molecule has 0 aromatic heterocycles. The lowest BCUT2D eigenvalue weighted by atomic mass is 9.89. The van der Waals surface area contributed by atoms with Gasteiger partial charge in [-0.2, -0.15) is 0 Å². The molecule has 0 radical (unpaired) electrons. The van der Waals surface area contributed by atoms with Gasteiger partial charge >= 0.3 is 0 Å². The molecular weight excluding hydrogens is 210 g/mol. The summed E-state index contributed by atoms with van der Waals surface area (Å²) in [5.41, 5.74) is 2.68. The van der Waals surface area contributed by atoms with Gasteiger partial charge in [0, 0.05) is 11.1 Å². The van der Waals surface area contributed by atoms with Crippen molar-refractivity contribution in [3.05, 3.63) is 34.3 Å². The number of halogens is 1. The molecule has 0 unspecified atom stereocenters. The first-order chi connectivity index (χ1) is 7.34. The molecule has 1 fully saturated rings. The van der Waals surface area contributed by atoms with Gasteiger partial charge in [-0.25, -0.2) is 0 Å². The highest BCUT2D eigenvalue weighted by Crippen LogP contribution is 2.34. The van der Waals surface area contributed by atoms with Gasteiger partial charge in [0.1, 0.15) is 0 Å². The smallest absolute Gasteiger partial charge is 0.0981 e. The fourth-order valence-corrected chi connectivity index (χ4v) is 2.55. The van der Waals surface area contributed by atoms with Crippen LogP contribution in [-0.2, 0) is 11.2 Å². The van der Waals surface area contributed by atoms with Crippen molar-refractivity contribution in [2.75, 3.05) is 13.2 Å². The zero-order valence-corrected chi connectivity index (χ0v) is 9.26. The minimum Gasteiger partial charge on any atom is -0.372 e. The second kappa shape index (κ2) is 3.78. The lowest BCUT2D eigenvalue weighted by Gasteiger charge is -2.38. The number of hydrogen-bond acceptors (Lipinski definition) is 2. The monoisotopic (exact) mass is 223 g/mol. The number of nitrogens with one attached hydrogen (secondary N) is 1. The average Bonchev–Trinajstić information content (AvgIpc) is 2.15. The van der Waals surface area contributed by atoms with Crippen molar-refractivity contribution < 1.29 is 4.74 Å². The lowest BCUT2D eigenvalue weighted by molar-refractivity contribution is -0.00148. The van der Waals surface area contributed by atoms with Gasteiger partial charge in [-0.3, -0.25) is 0 Å². The quantitative estimate of drug-likeness (QED) is 0.789. The molecule has 1 aromatic carbocycles. The van der Waals surface area contributed by atoms with Crippen LogP contribution in [0.15, 0.2) is 18.2 Å². The predicted molar refractivity (Wildman–Crippen MR) is 60.3 cm³/mol. The Morgan fingerprint density at radius 3 is 3.00 bits per heavy atom. The minimum absolute atomic E-state index is 0.236. The summed E-state index contributed by atoms with van der Waals surface area (Å²) in [5, 5.41) is 4.24. The summed E-state index contributed by atoms with van der Waals surface area (Å²) in [4.78, 5) is 0. The van der Waals surface area contributed by atoms with Crippen LogP contribution in [0.1, 0.15) is 23.7 Å². The summed E-state index contributed by atoms with van der Waals surface area (Å²) in [5.74, 6) is 0. The van der Waals surface area contributed by atoms with Crippen molar-refractivity contribution >= 4 is 11.6 Å². The normalized spacial score (nSPS) is 29.4. The molecule has 0 bridgehead atoms. The Bertz CT molecular complexity index is 376. The molecule has 3 rings (SSSR count). The Balaban J connectivity index is 1.95. The van der Waals surface area contributed by atoms with E-state index in [-0.39, 0.29) is 6.10 Å². The average molecular weight is 224 g/mol. The Hall–Kier alpha value is -0.570. The van der Waals surface area contributed by atoms with Crippen LogP contribution in [0, 0.1) is 0 Å². The van der Waals surface area contributed by atoms with E-state index in [0.717, 1.165) is 24.6 Å². The summed E-state index contributed by atoms with van der Waals surface area (Å²) < 4.78 is 5.84.